The molecule has 4 aromatic rings. The van der Waals surface area contributed by atoms with E-state index in [9.17, 15) is 9.59 Å². The minimum atomic E-state index is -0.547. The van der Waals surface area contributed by atoms with Gasteiger partial charge in [-0.2, -0.15) is 0 Å². The number of ether oxygens (including phenoxy) is 3. The molecule has 2 aromatic heterocycles. The lowest BCUT2D eigenvalue weighted by Crippen LogP contribution is -2.48. The zero-order chi connectivity index (χ0) is 31.6. The maximum Gasteiger partial charge on any atom is 0.407 e. The Bertz CT molecular complexity index is 1710. The van der Waals surface area contributed by atoms with E-state index in [1.807, 2.05) is 74.9 Å². The third-order valence-electron chi connectivity index (χ3n) is 7.58. The number of carbonyl (C=O) groups is 2. The molecule has 1 saturated heterocycles. The summed E-state index contributed by atoms with van der Waals surface area (Å²) in [5, 5.41) is 6.08. The Hall–Kier alpha value is -4.90. The number of fused-ring (bicyclic) bond motifs is 1. The Labute approximate surface area is 262 Å². The van der Waals surface area contributed by atoms with Crippen molar-refractivity contribution in [2.24, 2.45) is 0 Å². The van der Waals surface area contributed by atoms with Crippen molar-refractivity contribution in [3.05, 3.63) is 84.2 Å². The number of likely N-dealkylation sites (tertiary alicyclic amines) is 1. The summed E-state index contributed by atoms with van der Waals surface area (Å²) >= 11 is 0. The zero-order valence-electron chi connectivity index (χ0n) is 26.0. The van der Waals surface area contributed by atoms with Crippen molar-refractivity contribution >= 4 is 17.7 Å². The summed E-state index contributed by atoms with van der Waals surface area (Å²) in [7, 11) is 0. The van der Waals surface area contributed by atoms with Crippen molar-refractivity contribution in [3.63, 3.8) is 0 Å². The van der Waals surface area contributed by atoms with Crippen LogP contribution in [0.4, 0.5) is 10.5 Å². The first kappa shape index (κ1) is 30.1. The van der Waals surface area contributed by atoms with Gasteiger partial charge in [-0.1, -0.05) is 6.07 Å². The van der Waals surface area contributed by atoms with Gasteiger partial charge in [-0.05, 0) is 106 Å². The molecule has 0 bridgehead atoms. The lowest BCUT2D eigenvalue weighted by molar-refractivity contribution is 0.0470. The number of imidazole rings is 1. The number of alkyl carbamates (subject to hydrolysis) is 1. The van der Waals surface area contributed by atoms with Crippen LogP contribution in [0.25, 0.3) is 16.8 Å². The normalized spacial score (nSPS) is 16.3. The molecule has 1 fully saturated rings. The fraction of sp³-hybridized carbons (Fsp3) is 0.353. The Morgan fingerprint density at radius 2 is 1.84 bits per heavy atom. The van der Waals surface area contributed by atoms with E-state index in [2.05, 4.69) is 31.6 Å². The molecule has 11 heteroatoms. The maximum absolute atomic E-state index is 13.5. The zero-order valence-corrected chi connectivity index (χ0v) is 26.0. The minimum Gasteiger partial charge on any atom is -0.454 e. The van der Waals surface area contributed by atoms with E-state index in [1.54, 1.807) is 18.6 Å². The van der Waals surface area contributed by atoms with Crippen LogP contribution in [-0.2, 0) is 11.3 Å². The monoisotopic (exact) mass is 610 g/mol. The van der Waals surface area contributed by atoms with Gasteiger partial charge in [0.2, 0.25) is 6.79 Å². The molecule has 0 radical (unpaired) electrons. The molecule has 2 aliphatic rings. The van der Waals surface area contributed by atoms with E-state index in [4.69, 9.17) is 14.2 Å². The molecule has 2 N–H and O–H groups in total. The number of pyridine rings is 1. The first-order valence-corrected chi connectivity index (χ1v) is 15.1. The summed E-state index contributed by atoms with van der Waals surface area (Å²) in [6.45, 7) is 9.96. The predicted octanol–water partition coefficient (Wildman–Crippen LogP) is 5.71. The Morgan fingerprint density at radius 1 is 1.02 bits per heavy atom. The smallest absolute Gasteiger partial charge is 0.407 e. The van der Waals surface area contributed by atoms with E-state index < -0.39 is 11.7 Å². The topological polar surface area (TPSA) is 120 Å². The van der Waals surface area contributed by atoms with Crippen LogP contribution in [0.1, 0.15) is 55.4 Å². The molecule has 2 aromatic carbocycles. The van der Waals surface area contributed by atoms with Gasteiger partial charge in [-0.25, -0.2) is 9.78 Å². The lowest BCUT2D eigenvalue weighted by atomic mass is 10.0. The second-order valence-corrected chi connectivity index (χ2v) is 12.5. The molecule has 2 amide bonds. The average molecular weight is 611 g/mol. The predicted molar refractivity (Wildman–Crippen MR) is 170 cm³/mol. The minimum absolute atomic E-state index is 0.00429. The van der Waals surface area contributed by atoms with Crippen LogP contribution in [0.5, 0.6) is 11.5 Å². The van der Waals surface area contributed by atoms with E-state index in [1.165, 1.54) is 0 Å². The van der Waals surface area contributed by atoms with E-state index in [0.29, 0.717) is 36.0 Å². The van der Waals surface area contributed by atoms with Gasteiger partial charge in [0, 0.05) is 42.9 Å². The molecular formula is C34H38N6O5. The van der Waals surface area contributed by atoms with Crippen molar-refractivity contribution in [1.82, 2.24) is 24.8 Å². The Morgan fingerprint density at radius 3 is 2.64 bits per heavy atom. The molecule has 45 heavy (non-hydrogen) atoms. The molecule has 4 heterocycles. The van der Waals surface area contributed by atoms with Crippen molar-refractivity contribution in [1.29, 1.82) is 0 Å². The van der Waals surface area contributed by atoms with Crippen LogP contribution < -0.4 is 20.1 Å². The van der Waals surface area contributed by atoms with Crippen LogP contribution in [0.3, 0.4) is 0 Å². The molecule has 1 atom stereocenters. The number of anilines is 1. The largest absolute Gasteiger partial charge is 0.454 e. The summed E-state index contributed by atoms with van der Waals surface area (Å²) < 4.78 is 18.4. The molecule has 0 unspecified atom stereocenters. The fourth-order valence-electron chi connectivity index (χ4n) is 5.60. The van der Waals surface area contributed by atoms with Crippen LogP contribution in [0.2, 0.25) is 0 Å². The molecule has 0 spiro atoms. The molecule has 11 nitrogen and oxygen atoms in total. The van der Waals surface area contributed by atoms with Crippen molar-refractivity contribution < 1.29 is 23.8 Å². The van der Waals surface area contributed by atoms with Gasteiger partial charge in [0.1, 0.15) is 11.3 Å². The van der Waals surface area contributed by atoms with E-state index in [-0.39, 0.29) is 18.7 Å². The van der Waals surface area contributed by atoms with Crippen LogP contribution >= 0.6 is 0 Å². The van der Waals surface area contributed by atoms with Gasteiger partial charge in [0.15, 0.2) is 11.5 Å². The highest BCUT2D eigenvalue weighted by Crippen LogP contribution is 2.36. The number of hydrogen-bond acceptors (Lipinski definition) is 8. The highest BCUT2D eigenvalue weighted by molar-refractivity contribution is 6.03. The number of amides is 2. The third kappa shape index (κ3) is 7.61. The molecule has 6 rings (SSSR count). The summed E-state index contributed by atoms with van der Waals surface area (Å²) in [5.41, 5.74) is 4.93. The Kier molecular flexibility index (Phi) is 8.44. The quantitative estimate of drug-likeness (QED) is 0.273. The van der Waals surface area contributed by atoms with Gasteiger partial charge in [-0.3, -0.25) is 14.7 Å². The lowest BCUT2D eigenvalue weighted by Gasteiger charge is -2.33. The van der Waals surface area contributed by atoms with Gasteiger partial charge < -0.3 is 29.4 Å². The number of nitrogens with zero attached hydrogens (tertiary/aromatic N) is 4. The van der Waals surface area contributed by atoms with Crippen LogP contribution in [-0.4, -0.2) is 63.0 Å². The van der Waals surface area contributed by atoms with Crippen LogP contribution in [0.15, 0.2) is 67.3 Å². The Balaban J connectivity index is 1.20. The third-order valence-corrected chi connectivity index (χ3v) is 7.58. The first-order valence-electron chi connectivity index (χ1n) is 15.1. The molecule has 2 aliphatic heterocycles. The number of benzene rings is 2. The number of hydrogen-bond donors (Lipinski definition) is 2. The number of aromatic nitrogens is 3. The standard InChI is InChI=1S/C34H38N6O5/c1-22-17-40(20-36-22)28-13-23(18-39-11-5-6-26(19-39)38-33(42)45-34(2,3)4)12-27(16-28)37-32(41)29-14-25(9-10-35-29)24-7-8-30-31(15-24)44-21-43-30/h7-10,12-17,20,26H,5-6,11,18-19,21H2,1-4H3,(H,37,41)(H,38,42)/t26-/m0/s1. The maximum atomic E-state index is 13.5. The van der Waals surface area contributed by atoms with E-state index >= 15 is 0 Å². The summed E-state index contributed by atoms with van der Waals surface area (Å²) in [6, 6.07) is 15.3. The number of aryl methyl sites for hydroxylation is 1. The summed E-state index contributed by atoms with van der Waals surface area (Å²) in [5.74, 6) is 1.06. The van der Waals surface area contributed by atoms with Crippen molar-refractivity contribution in [3.8, 4) is 28.3 Å². The van der Waals surface area contributed by atoms with E-state index in [0.717, 1.165) is 47.5 Å². The van der Waals surface area contributed by atoms with Gasteiger partial charge in [-0.15, -0.1) is 0 Å². The number of piperidine rings is 1. The summed E-state index contributed by atoms with van der Waals surface area (Å²) in [4.78, 5) is 36.9. The van der Waals surface area contributed by atoms with Crippen molar-refractivity contribution in [2.75, 3.05) is 25.2 Å². The fourth-order valence-corrected chi connectivity index (χ4v) is 5.60. The first-order chi connectivity index (χ1) is 21.6. The second-order valence-electron chi connectivity index (χ2n) is 12.5. The average Bonchev–Trinajstić information content (AvgIpc) is 3.65. The highest BCUT2D eigenvalue weighted by atomic mass is 16.7. The van der Waals surface area contributed by atoms with Gasteiger partial charge in [0.25, 0.3) is 5.91 Å². The molecule has 0 aliphatic carbocycles. The second kappa shape index (κ2) is 12.6. The van der Waals surface area contributed by atoms with Gasteiger partial charge in [0.05, 0.1) is 12.0 Å². The number of carbonyl (C=O) groups excluding carboxylic acids is 2. The van der Waals surface area contributed by atoms with Crippen LogP contribution in [0, 0.1) is 6.92 Å². The highest BCUT2D eigenvalue weighted by Gasteiger charge is 2.25. The number of rotatable bonds is 7. The SMILES string of the molecule is Cc1cn(-c2cc(CN3CCC[C@H](NC(=O)OC(C)(C)C)C3)cc(NC(=O)c3cc(-c4ccc5c(c4)OCO5)ccn3)c2)cn1. The molecule has 0 saturated carbocycles. The van der Waals surface area contributed by atoms with Crippen molar-refractivity contribution in [2.45, 2.75) is 58.7 Å². The van der Waals surface area contributed by atoms with Gasteiger partial charge >= 0.3 is 6.09 Å². The summed E-state index contributed by atoms with van der Waals surface area (Å²) in [6.07, 6.45) is 6.79. The molecule has 234 valence electrons. The number of nitrogens with one attached hydrogen (secondary N) is 2. The molecular weight excluding hydrogens is 572 g/mol.